The van der Waals surface area contributed by atoms with Crippen LogP contribution in [0.5, 0.6) is 0 Å². The highest BCUT2D eigenvalue weighted by Crippen LogP contribution is 2.36. The largest absolute Gasteiger partial charge is 0.416 e. The Kier molecular flexibility index (Phi) is 3.02. The van der Waals surface area contributed by atoms with Crippen molar-refractivity contribution < 1.29 is 22.0 Å². The van der Waals surface area contributed by atoms with E-state index in [4.69, 9.17) is 0 Å². The SMILES string of the molecule is CC(C)c1cc(F)c(F)cc1C(F)(F)F. The molecule has 0 amide bonds. The fourth-order valence-electron chi connectivity index (χ4n) is 1.29. The molecule has 0 spiro atoms. The second kappa shape index (κ2) is 3.79. The lowest BCUT2D eigenvalue weighted by Gasteiger charge is -2.15. The van der Waals surface area contributed by atoms with Crippen LogP contribution in [0.25, 0.3) is 0 Å². The molecular weight excluding hydrogens is 215 g/mol. The second-order valence-corrected chi connectivity index (χ2v) is 3.51. The van der Waals surface area contributed by atoms with Crippen LogP contribution in [-0.4, -0.2) is 0 Å². The molecule has 0 atom stereocenters. The molecule has 1 aromatic carbocycles. The van der Waals surface area contributed by atoms with E-state index in [0.29, 0.717) is 6.07 Å². The second-order valence-electron chi connectivity index (χ2n) is 3.51. The first-order valence-corrected chi connectivity index (χ1v) is 4.29. The summed E-state index contributed by atoms with van der Waals surface area (Å²) in [5.74, 6) is -3.25. The highest BCUT2D eigenvalue weighted by molar-refractivity contribution is 5.33. The van der Waals surface area contributed by atoms with Crippen LogP contribution < -0.4 is 0 Å². The van der Waals surface area contributed by atoms with Crippen molar-refractivity contribution in [1.82, 2.24) is 0 Å². The zero-order valence-electron chi connectivity index (χ0n) is 8.12. The summed E-state index contributed by atoms with van der Waals surface area (Å²) >= 11 is 0. The van der Waals surface area contributed by atoms with Gasteiger partial charge < -0.3 is 0 Å². The van der Waals surface area contributed by atoms with E-state index in [-0.39, 0.29) is 11.6 Å². The van der Waals surface area contributed by atoms with Gasteiger partial charge in [0.25, 0.3) is 0 Å². The first kappa shape index (κ1) is 11.9. The maximum atomic E-state index is 12.8. The molecule has 0 N–H and O–H groups in total. The number of rotatable bonds is 1. The van der Waals surface area contributed by atoms with E-state index < -0.39 is 29.3 Å². The van der Waals surface area contributed by atoms with E-state index in [1.54, 1.807) is 0 Å². The standard InChI is InChI=1S/C10H9F5/c1-5(2)6-3-8(11)9(12)4-7(6)10(13,14)15/h3-5H,1-2H3. The van der Waals surface area contributed by atoms with Crippen molar-refractivity contribution in [3.05, 3.63) is 34.9 Å². The summed E-state index contributed by atoms with van der Waals surface area (Å²) in [4.78, 5) is 0. The fraction of sp³-hybridized carbons (Fsp3) is 0.400. The minimum Gasteiger partial charge on any atom is -0.204 e. The van der Waals surface area contributed by atoms with Gasteiger partial charge in [-0.2, -0.15) is 13.2 Å². The highest BCUT2D eigenvalue weighted by Gasteiger charge is 2.35. The topological polar surface area (TPSA) is 0 Å². The molecule has 1 aromatic rings. The maximum absolute atomic E-state index is 12.8. The van der Waals surface area contributed by atoms with Gasteiger partial charge in [-0.05, 0) is 23.6 Å². The lowest BCUT2D eigenvalue weighted by Crippen LogP contribution is -2.11. The first-order valence-electron chi connectivity index (χ1n) is 4.29. The number of alkyl halides is 3. The summed E-state index contributed by atoms with van der Waals surface area (Å²) in [7, 11) is 0. The van der Waals surface area contributed by atoms with Crippen LogP contribution in [0.1, 0.15) is 30.9 Å². The Balaban J connectivity index is 3.42. The third kappa shape index (κ3) is 2.46. The van der Waals surface area contributed by atoms with E-state index in [0.717, 1.165) is 0 Å². The van der Waals surface area contributed by atoms with Gasteiger partial charge in [0.05, 0.1) is 5.56 Å². The molecule has 1 rings (SSSR count). The van der Waals surface area contributed by atoms with Crippen LogP contribution in [0.4, 0.5) is 22.0 Å². The third-order valence-corrected chi connectivity index (χ3v) is 2.02. The van der Waals surface area contributed by atoms with Crippen molar-refractivity contribution in [3.8, 4) is 0 Å². The van der Waals surface area contributed by atoms with Crippen LogP contribution >= 0.6 is 0 Å². The van der Waals surface area contributed by atoms with Gasteiger partial charge in [-0.15, -0.1) is 0 Å². The van der Waals surface area contributed by atoms with Gasteiger partial charge in [0.1, 0.15) is 0 Å². The normalized spacial score (nSPS) is 12.3. The Morgan fingerprint density at radius 2 is 1.47 bits per heavy atom. The Morgan fingerprint density at radius 3 is 1.87 bits per heavy atom. The summed E-state index contributed by atoms with van der Waals surface area (Å²) < 4.78 is 62.7. The highest BCUT2D eigenvalue weighted by atomic mass is 19.4. The smallest absolute Gasteiger partial charge is 0.204 e. The Bertz CT molecular complexity index is 365. The molecule has 0 fully saturated rings. The number of halogens is 5. The zero-order valence-corrected chi connectivity index (χ0v) is 8.12. The quantitative estimate of drug-likeness (QED) is 0.630. The average Bonchev–Trinajstić information content (AvgIpc) is 2.06. The maximum Gasteiger partial charge on any atom is 0.416 e. The fourth-order valence-corrected chi connectivity index (χ4v) is 1.29. The summed E-state index contributed by atoms with van der Waals surface area (Å²) in [6.07, 6.45) is -4.66. The molecule has 0 saturated heterocycles. The summed E-state index contributed by atoms with van der Waals surface area (Å²) in [5, 5.41) is 0. The number of hydrogen-bond acceptors (Lipinski definition) is 0. The zero-order chi connectivity index (χ0) is 11.8. The predicted molar refractivity (Wildman–Crippen MR) is 45.4 cm³/mol. The summed E-state index contributed by atoms with van der Waals surface area (Å²) in [5.41, 5.74) is -1.35. The van der Waals surface area contributed by atoms with Crippen molar-refractivity contribution in [2.24, 2.45) is 0 Å². The van der Waals surface area contributed by atoms with Crippen LogP contribution in [0.15, 0.2) is 12.1 Å². The van der Waals surface area contributed by atoms with Crippen molar-refractivity contribution >= 4 is 0 Å². The Labute approximate surface area is 83.7 Å². The minimum atomic E-state index is -4.66. The van der Waals surface area contributed by atoms with Crippen molar-refractivity contribution in [1.29, 1.82) is 0 Å². The first-order chi connectivity index (χ1) is 6.73. The van der Waals surface area contributed by atoms with Crippen LogP contribution in [0.3, 0.4) is 0 Å². The van der Waals surface area contributed by atoms with Crippen molar-refractivity contribution in [2.75, 3.05) is 0 Å². The number of hydrogen-bond donors (Lipinski definition) is 0. The van der Waals surface area contributed by atoms with Gasteiger partial charge in [0.2, 0.25) is 0 Å². The Morgan fingerprint density at radius 1 is 1.00 bits per heavy atom. The van der Waals surface area contributed by atoms with Gasteiger partial charge in [-0.1, -0.05) is 13.8 Å². The minimum absolute atomic E-state index is 0.199. The van der Waals surface area contributed by atoms with E-state index in [9.17, 15) is 22.0 Å². The van der Waals surface area contributed by atoms with E-state index in [2.05, 4.69) is 0 Å². The molecule has 15 heavy (non-hydrogen) atoms. The molecule has 0 radical (unpaired) electrons. The molecule has 0 heterocycles. The van der Waals surface area contributed by atoms with E-state index in [1.807, 2.05) is 0 Å². The van der Waals surface area contributed by atoms with Crippen LogP contribution in [0.2, 0.25) is 0 Å². The molecule has 0 nitrogen and oxygen atoms in total. The van der Waals surface area contributed by atoms with Gasteiger partial charge in [-0.3, -0.25) is 0 Å². The lowest BCUT2D eigenvalue weighted by atomic mass is 9.96. The molecule has 0 aliphatic heterocycles. The molecule has 0 bridgehead atoms. The van der Waals surface area contributed by atoms with Gasteiger partial charge >= 0.3 is 6.18 Å². The van der Waals surface area contributed by atoms with E-state index in [1.165, 1.54) is 13.8 Å². The third-order valence-electron chi connectivity index (χ3n) is 2.02. The van der Waals surface area contributed by atoms with Crippen molar-refractivity contribution in [2.45, 2.75) is 25.9 Å². The molecule has 0 aliphatic rings. The summed E-state index contributed by atoms with van der Waals surface area (Å²) in [6, 6.07) is 0.799. The molecule has 0 unspecified atom stereocenters. The average molecular weight is 224 g/mol. The Hall–Kier alpha value is -1.13. The van der Waals surface area contributed by atoms with Crippen molar-refractivity contribution in [3.63, 3.8) is 0 Å². The van der Waals surface area contributed by atoms with Crippen LogP contribution in [-0.2, 0) is 6.18 Å². The van der Waals surface area contributed by atoms with Gasteiger partial charge in [-0.25, -0.2) is 8.78 Å². The molecular formula is C10H9F5. The van der Waals surface area contributed by atoms with Crippen LogP contribution in [0, 0.1) is 11.6 Å². The molecule has 84 valence electrons. The summed E-state index contributed by atoms with van der Waals surface area (Å²) in [6.45, 7) is 2.98. The predicted octanol–water partition coefficient (Wildman–Crippen LogP) is 4.11. The molecule has 0 aromatic heterocycles. The molecule has 5 heteroatoms. The number of benzene rings is 1. The molecule has 0 saturated carbocycles. The van der Waals surface area contributed by atoms with E-state index >= 15 is 0 Å². The monoisotopic (exact) mass is 224 g/mol. The van der Waals surface area contributed by atoms with Gasteiger partial charge in [0.15, 0.2) is 11.6 Å². The van der Waals surface area contributed by atoms with Gasteiger partial charge in [0, 0.05) is 0 Å². The lowest BCUT2D eigenvalue weighted by molar-refractivity contribution is -0.138. The molecule has 0 aliphatic carbocycles.